The van der Waals surface area contributed by atoms with Crippen LogP contribution in [0.4, 0.5) is 5.82 Å². The molecule has 0 spiro atoms. The number of benzene rings is 1. The van der Waals surface area contributed by atoms with E-state index in [4.69, 9.17) is 14.7 Å². The van der Waals surface area contributed by atoms with Crippen LogP contribution in [0.5, 0.6) is 0 Å². The molecular formula is C24H28N4O2. The first-order valence-electron chi connectivity index (χ1n) is 11.3. The zero-order valence-electron chi connectivity index (χ0n) is 17.3. The van der Waals surface area contributed by atoms with E-state index in [9.17, 15) is 4.79 Å². The van der Waals surface area contributed by atoms with Gasteiger partial charge in [0.15, 0.2) is 5.82 Å². The SMILES string of the molecule is O=C(N1CCCC1)[C@@]12COC[C@@H]1CN(c1nc(-c3ccccc3)nc3c1CCC3)C2. The summed E-state index contributed by atoms with van der Waals surface area (Å²) in [7, 11) is 0. The number of carbonyl (C=O) groups excluding carboxylic acids is 1. The van der Waals surface area contributed by atoms with Gasteiger partial charge in [-0.15, -0.1) is 0 Å². The van der Waals surface area contributed by atoms with Crippen molar-refractivity contribution in [3.8, 4) is 11.4 Å². The number of hydrogen-bond acceptors (Lipinski definition) is 5. The first-order valence-corrected chi connectivity index (χ1v) is 11.3. The minimum Gasteiger partial charge on any atom is -0.380 e. The number of aromatic nitrogens is 2. The second-order valence-corrected chi connectivity index (χ2v) is 9.26. The van der Waals surface area contributed by atoms with Gasteiger partial charge >= 0.3 is 0 Å². The van der Waals surface area contributed by atoms with E-state index in [-0.39, 0.29) is 5.92 Å². The Bertz CT molecular complexity index is 973. The van der Waals surface area contributed by atoms with Gasteiger partial charge in [0, 0.05) is 48.9 Å². The summed E-state index contributed by atoms with van der Waals surface area (Å²) in [6.07, 6.45) is 5.43. The van der Waals surface area contributed by atoms with Crippen molar-refractivity contribution in [3.05, 3.63) is 41.6 Å². The highest BCUT2D eigenvalue weighted by molar-refractivity contribution is 5.85. The fourth-order valence-corrected chi connectivity index (χ4v) is 5.83. The monoisotopic (exact) mass is 404 g/mol. The summed E-state index contributed by atoms with van der Waals surface area (Å²) in [4.78, 5) is 28.0. The zero-order valence-corrected chi connectivity index (χ0v) is 17.3. The Morgan fingerprint density at radius 3 is 2.73 bits per heavy atom. The van der Waals surface area contributed by atoms with E-state index >= 15 is 0 Å². The number of carbonyl (C=O) groups is 1. The van der Waals surface area contributed by atoms with Gasteiger partial charge in [-0.3, -0.25) is 4.79 Å². The van der Waals surface area contributed by atoms with Crippen molar-refractivity contribution < 1.29 is 9.53 Å². The highest BCUT2D eigenvalue weighted by atomic mass is 16.5. The molecule has 1 aromatic carbocycles. The van der Waals surface area contributed by atoms with Gasteiger partial charge in [0.2, 0.25) is 5.91 Å². The molecule has 1 aromatic heterocycles. The maximum Gasteiger partial charge on any atom is 0.233 e. The summed E-state index contributed by atoms with van der Waals surface area (Å²) in [5, 5.41) is 0. The van der Waals surface area contributed by atoms with Crippen LogP contribution in [0.2, 0.25) is 0 Å². The van der Waals surface area contributed by atoms with Crippen LogP contribution in [0.1, 0.15) is 30.5 Å². The van der Waals surface area contributed by atoms with Gasteiger partial charge in [-0.1, -0.05) is 30.3 Å². The molecule has 4 aliphatic rings. The number of amides is 1. The van der Waals surface area contributed by atoms with Gasteiger partial charge in [0.25, 0.3) is 0 Å². The van der Waals surface area contributed by atoms with Crippen LogP contribution in [-0.4, -0.2) is 60.2 Å². The van der Waals surface area contributed by atoms with E-state index in [0.717, 1.165) is 68.9 Å². The van der Waals surface area contributed by atoms with E-state index < -0.39 is 5.41 Å². The third-order valence-electron chi connectivity index (χ3n) is 7.44. The molecule has 6 heteroatoms. The van der Waals surface area contributed by atoms with Crippen molar-refractivity contribution in [1.82, 2.24) is 14.9 Å². The van der Waals surface area contributed by atoms with Gasteiger partial charge in [-0.2, -0.15) is 0 Å². The maximum absolute atomic E-state index is 13.5. The van der Waals surface area contributed by atoms with E-state index in [1.807, 2.05) is 18.2 Å². The molecular weight excluding hydrogens is 376 g/mol. The van der Waals surface area contributed by atoms with Crippen LogP contribution < -0.4 is 4.90 Å². The molecule has 0 saturated carbocycles. The number of ether oxygens (including phenoxy) is 1. The largest absolute Gasteiger partial charge is 0.380 e. The third kappa shape index (κ3) is 2.77. The van der Waals surface area contributed by atoms with Crippen molar-refractivity contribution in [2.75, 3.05) is 44.3 Å². The Labute approximate surface area is 177 Å². The van der Waals surface area contributed by atoms with Crippen molar-refractivity contribution >= 4 is 11.7 Å². The number of likely N-dealkylation sites (tertiary alicyclic amines) is 1. The molecule has 6 rings (SSSR count). The van der Waals surface area contributed by atoms with Crippen LogP contribution in [0, 0.1) is 11.3 Å². The summed E-state index contributed by atoms with van der Waals surface area (Å²) in [6.45, 7) is 4.57. The molecule has 0 unspecified atom stereocenters. The molecule has 0 N–H and O–H groups in total. The summed E-state index contributed by atoms with van der Waals surface area (Å²) < 4.78 is 5.86. The Morgan fingerprint density at radius 2 is 1.90 bits per heavy atom. The minimum atomic E-state index is -0.409. The summed E-state index contributed by atoms with van der Waals surface area (Å²) in [5.74, 6) is 2.41. The van der Waals surface area contributed by atoms with Crippen molar-refractivity contribution in [2.24, 2.45) is 11.3 Å². The molecule has 2 aromatic rings. The lowest BCUT2D eigenvalue weighted by Crippen LogP contribution is -2.48. The Morgan fingerprint density at radius 1 is 1.07 bits per heavy atom. The van der Waals surface area contributed by atoms with Crippen LogP contribution in [0.25, 0.3) is 11.4 Å². The van der Waals surface area contributed by atoms with E-state index in [0.29, 0.717) is 25.7 Å². The fraction of sp³-hybridized carbons (Fsp3) is 0.542. The smallest absolute Gasteiger partial charge is 0.233 e. The third-order valence-corrected chi connectivity index (χ3v) is 7.44. The van der Waals surface area contributed by atoms with Crippen molar-refractivity contribution in [1.29, 1.82) is 0 Å². The van der Waals surface area contributed by atoms with Crippen molar-refractivity contribution in [3.63, 3.8) is 0 Å². The second-order valence-electron chi connectivity index (χ2n) is 9.26. The number of rotatable bonds is 3. The number of nitrogens with zero attached hydrogens (tertiary/aromatic N) is 4. The molecule has 3 fully saturated rings. The fourth-order valence-electron chi connectivity index (χ4n) is 5.83. The number of hydrogen-bond donors (Lipinski definition) is 0. The highest BCUT2D eigenvalue weighted by Crippen LogP contribution is 2.46. The molecule has 1 aliphatic carbocycles. The quantitative estimate of drug-likeness (QED) is 0.787. The normalized spacial score (nSPS) is 27.5. The lowest BCUT2D eigenvalue weighted by atomic mass is 9.79. The van der Waals surface area contributed by atoms with Gasteiger partial charge < -0.3 is 14.5 Å². The maximum atomic E-state index is 13.5. The standard InChI is InChI=1S/C24H28N4O2/c29-23(27-11-4-5-12-27)24-15-28(13-18(24)14-30-16-24)22-19-9-6-10-20(19)25-21(26-22)17-7-2-1-3-8-17/h1-3,7-8,18H,4-6,9-16H2/t18-,24-/m0/s1. The topological polar surface area (TPSA) is 58.6 Å². The minimum absolute atomic E-state index is 0.248. The van der Waals surface area contributed by atoms with E-state index in [1.165, 1.54) is 11.3 Å². The number of anilines is 1. The lowest BCUT2D eigenvalue weighted by molar-refractivity contribution is -0.141. The molecule has 4 heterocycles. The van der Waals surface area contributed by atoms with Crippen LogP contribution in [0.3, 0.4) is 0 Å². The first kappa shape index (κ1) is 18.3. The van der Waals surface area contributed by atoms with Gasteiger partial charge in [0.1, 0.15) is 5.82 Å². The molecule has 3 saturated heterocycles. The Kier molecular flexibility index (Phi) is 4.30. The number of aryl methyl sites for hydroxylation is 1. The van der Waals surface area contributed by atoms with E-state index in [1.54, 1.807) is 0 Å². The average molecular weight is 405 g/mol. The van der Waals surface area contributed by atoms with E-state index in [2.05, 4.69) is 21.9 Å². The van der Waals surface area contributed by atoms with Gasteiger partial charge in [-0.05, 0) is 32.1 Å². The summed E-state index contributed by atoms with van der Waals surface area (Å²) in [6, 6.07) is 10.2. The van der Waals surface area contributed by atoms with Crippen LogP contribution >= 0.6 is 0 Å². The average Bonchev–Trinajstić information content (AvgIpc) is 3.56. The Hall–Kier alpha value is -2.47. The molecule has 3 aliphatic heterocycles. The Balaban J connectivity index is 1.37. The summed E-state index contributed by atoms with van der Waals surface area (Å²) >= 11 is 0. The summed E-state index contributed by atoms with van der Waals surface area (Å²) in [5.41, 5.74) is 3.12. The zero-order chi connectivity index (χ0) is 20.1. The first-order chi connectivity index (χ1) is 14.7. The predicted molar refractivity (Wildman–Crippen MR) is 114 cm³/mol. The van der Waals surface area contributed by atoms with Crippen LogP contribution in [-0.2, 0) is 22.4 Å². The van der Waals surface area contributed by atoms with Gasteiger partial charge in [0.05, 0.1) is 18.6 Å². The molecule has 156 valence electrons. The molecule has 30 heavy (non-hydrogen) atoms. The lowest BCUT2D eigenvalue weighted by Gasteiger charge is -2.31. The second kappa shape index (κ2) is 7.05. The number of fused-ring (bicyclic) bond motifs is 2. The van der Waals surface area contributed by atoms with Crippen molar-refractivity contribution in [2.45, 2.75) is 32.1 Å². The molecule has 6 nitrogen and oxygen atoms in total. The molecule has 1 amide bonds. The molecule has 0 bridgehead atoms. The van der Waals surface area contributed by atoms with Gasteiger partial charge in [-0.25, -0.2) is 9.97 Å². The predicted octanol–water partition coefficient (Wildman–Crippen LogP) is 2.71. The molecule has 0 radical (unpaired) electrons. The highest BCUT2D eigenvalue weighted by Gasteiger charge is 2.57. The molecule has 2 atom stereocenters. The van der Waals surface area contributed by atoms with Crippen LogP contribution in [0.15, 0.2) is 30.3 Å².